The molecule has 0 spiro atoms. The summed E-state index contributed by atoms with van der Waals surface area (Å²) in [5.74, 6) is -0.424. The Morgan fingerprint density at radius 3 is 2.12 bits per heavy atom. The van der Waals surface area contributed by atoms with Crippen molar-refractivity contribution in [2.75, 3.05) is 13.2 Å². The Kier molecular flexibility index (Phi) is 6.19. The molecule has 1 unspecified atom stereocenters. The second-order valence-electron chi connectivity index (χ2n) is 3.49. The summed E-state index contributed by atoms with van der Waals surface area (Å²) in [5.41, 5.74) is 0.844. The Morgan fingerprint density at radius 1 is 1.18 bits per heavy atom. The van der Waals surface area contributed by atoms with E-state index in [1.54, 1.807) is 12.1 Å². The molecule has 3 nitrogen and oxygen atoms in total. The van der Waals surface area contributed by atoms with Crippen LogP contribution in [0, 0.1) is 0 Å². The third kappa shape index (κ3) is 4.11. The van der Waals surface area contributed by atoms with Crippen molar-refractivity contribution in [3.05, 3.63) is 34.9 Å². The van der Waals surface area contributed by atoms with Crippen molar-refractivity contribution in [2.45, 2.75) is 26.1 Å². The lowest BCUT2D eigenvalue weighted by Gasteiger charge is -2.22. The molecule has 0 aliphatic rings. The number of hydrogen-bond donors (Lipinski definition) is 0. The summed E-state index contributed by atoms with van der Waals surface area (Å²) >= 11 is 5.81. The summed E-state index contributed by atoms with van der Waals surface area (Å²) in [6.07, 6.45) is 0.308. The van der Waals surface area contributed by atoms with E-state index < -0.39 is 12.2 Å². The molecule has 0 saturated heterocycles. The number of benzene rings is 1. The normalized spacial score (nSPS) is 12.7. The van der Waals surface area contributed by atoms with Gasteiger partial charge in [0.25, 0.3) is 0 Å². The predicted octanol–water partition coefficient (Wildman–Crippen LogP) is 3.02. The van der Waals surface area contributed by atoms with Gasteiger partial charge in [0, 0.05) is 18.2 Å². The van der Waals surface area contributed by atoms with E-state index in [1.807, 2.05) is 26.0 Å². The van der Waals surface area contributed by atoms with E-state index in [9.17, 15) is 4.79 Å². The second kappa shape index (κ2) is 7.43. The molecule has 1 atom stereocenters. The van der Waals surface area contributed by atoms with E-state index in [0.717, 1.165) is 11.8 Å². The highest BCUT2D eigenvalue weighted by molar-refractivity contribution is 6.30. The van der Waals surface area contributed by atoms with Crippen molar-refractivity contribution in [1.82, 2.24) is 0 Å². The highest BCUT2D eigenvalue weighted by Crippen LogP contribution is 2.22. The fourth-order valence-electron chi connectivity index (χ4n) is 1.57. The van der Waals surface area contributed by atoms with E-state index in [-0.39, 0.29) is 0 Å². The number of ether oxygens (including phenoxy) is 2. The molecule has 0 saturated carbocycles. The van der Waals surface area contributed by atoms with E-state index in [1.165, 1.54) is 0 Å². The van der Waals surface area contributed by atoms with Crippen LogP contribution in [-0.2, 0) is 14.3 Å². The Labute approximate surface area is 107 Å². The molecule has 1 aromatic carbocycles. The second-order valence-corrected chi connectivity index (χ2v) is 3.93. The van der Waals surface area contributed by atoms with Gasteiger partial charge in [-0.1, -0.05) is 23.7 Å². The largest absolute Gasteiger partial charge is 0.352 e. The molecular weight excluding hydrogens is 240 g/mol. The minimum Gasteiger partial charge on any atom is -0.352 e. The molecule has 1 rings (SSSR count). The maximum absolute atomic E-state index is 11.2. The van der Waals surface area contributed by atoms with Gasteiger partial charge in [-0.25, -0.2) is 0 Å². The van der Waals surface area contributed by atoms with Gasteiger partial charge in [-0.3, -0.25) is 0 Å². The van der Waals surface area contributed by atoms with E-state index in [4.69, 9.17) is 21.1 Å². The van der Waals surface area contributed by atoms with Crippen molar-refractivity contribution in [1.29, 1.82) is 0 Å². The zero-order valence-corrected chi connectivity index (χ0v) is 10.8. The molecule has 0 bridgehead atoms. The molecule has 1 aromatic rings. The van der Waals surface area contributed by atoms with Gasteiger partial charge in [-0.05, 0) is 31.5 Å². The van der Waals surface area contributed by atoms with Crippen LogP contribution in [-0.4, -0.2) is 25.8 Å². The molecule has 0 N–H and O–H groups in total. The molecule has 0 aromatic heterocycles. The van der Waals surface area contributed by atoms with Crippen LogP contribution in [0.15, 0.2) is 24.3 Å². The van der Waals surface area contributed by atoms with Gasteiger partial charge in [0.2, 0.25) is 0 Å². The lowest BCUT2D eigenvalue weighted by Crippen LogP contribution is -2.26. The molecule has 0 aliphatic carbocycles. The van der Waals surface area contributed by atoms with Crippen LogP contribution in [0.1, 0.15) is 25.3 Å². The average Bonchev–Trinajstić information content (AvgIpc) is 2.33. The van der Waals surface area contributed by atoms with Gasteiger partial charge in [-0.2, -0.15) is 0 Å². The summed E-state index contributed by atoms with van der Waals surface area (Å²) < 4.78 is 10.9. The topological polar surface area (TPSA) is 35.5 Å². The molecule has 0 amide bonds. The Morgan fingerprint density at radius 2 is 1.71 bits per heavy atom. The number of carbonyl (C=O) groups is 1. The van der Waals surface area contributed by atoms with E-state index in [0.29, 0.717) is 18.2 Å². The number of rotatable bonds is 7. The van der Waals surface area contributed by atoms with Crippen LogP contribution in [0.5, 0.6) is 0 Å². The number of halogens is 1. The molecule has 0 heterocycles. The lowest BCUT2D eigenvalue weighted by molar-refractivity contribution is -0.154. The highest BCUT2D eigenvalue weighted by atomic mass is 35.5. The quantitative estimate of drug-likeness (QED) is 0.556. The molecule has 0 fully saturated rings. The van der Waals surface area contributed by atoms with Gasteiger partial charge in [0.15, 0.2) is 6.29 Å². The zero-order valence-electron chi connectivity index (χ0n) is 10.1. The van der Waals surface area contributed by atoms with Gasteiger partial charge in [0.1, 0.15) is 6.29 Å². The Balaban J connectivity index is 2.87. The molecular formula is C13H17ClO3. The molecule has 94 valence electrons. The first kappa shape index (κ1) is 14.2. The first-order chi connectivity index (χ1) is 8.22. The summed E-state index contributed by atoms with van der Waals surface area (Å²) in [4.78, 5) is 11.2. The number of aldehydes is 1. The van der Waals surface area contributed by atoms with Crippen LogP contribution in [0.25, 0.3) is 0 Å². The number of carbonyl (C=O) groups excluding carboxylic acids is 1. The van der Waals surface area contributed by atoms with Gasteiger partial charge >= 0.3 is 0 Å². The third-order valence-corrected chi connectivity index (χ3v) is 2.61. The standard InChI is InChI=1S/C13H17ClO3/c1-3-16-13(17-4-2)12(9-15)10-5-7-11(14)8-6-10/h5-9,12-13H,3-4H2,1-2H3. The van der Waals surface area contributed by atoms with Gasteiger partial charge in [-0.15, -0.1) is 0 Å². The third-order valence-electron chi connectivity index (χ3n) is 2.36. The van der Waals surface area contributed by atoms with Crippen molar-refractivity contribution in [2.24, 2.45) is 0 Å². The fraction of sp³-hybridized carbons (Fsp3) is 0.462. The molecule has 0 radical (unpaired) electrons. The lowest BCUT2D eigenvalue weighted by atomic mass is 10.00. The van der Waals surface area contributed by atoms with Gasteiger partial charge < -0.3 is 14.3 Å². The van der Waals surface area contributed by atoms with Crippen LogP contribution in [0.2, 0.25) is 5.02 Å². The maximum Gasteiger partial charge on any atom is 0.170 e. The molecule has 17 heavy (non-hydrogen) atoms. The van der Waals surface area contributed by atoms with Crippen LogP contribution in [0.4, 0.5) is 0 Å². The highest BCUT2D eigenvalue weighted by Gasteiger charge is 2.23. The van der Waals surface area contributed by atoms with Gasteiger partial charge in [0.05, 0.1) is 5.92 Å². The number of hydrogen-bond acceptors (Lipinski definition) is 3. The first-order valence-electron chi connectivity index (χ1n) is 5.66. The Hall–Kier alpha value is -0.900. The van der Waals surface area contributed by atoms with E-state index >= 15 is 0 Å². The summed E-state index contributed by atoms with van der Waals surface area (Å²) in [5, 5.41) is 0.641. The summed E-state index contributed by atoms with van der Waals surface area (Å²) in [7, 11) is 0. The van der Waals surface area contributed by atoms with Crippen molar-refractivity contribution in [3.63, 3.8) is 0 Å². The predicted molar refractivity (Wildman–Crippen MR) is 67.3 cm³/mol. The zero-order chi connectivity index (χ0) is 12.7. The van der Waals surface area contributed by atoms with Crippen LogP contribution < -0.4 is 0 Å². The Bertz CT molecular complexity index is 331. The molecule has 4 heteroatoms. The first-order valence-corrected chi connectivity index (χ1v) is 6.04. The van der Waals surface area contributed by atoms with Crippen molar-refractivity contribution in [3.8, 4) is 0 Å². The van der Waals surface area contributed by atoms with E-state index in [2.05, 4.69) is 0 Å². The van der Waals surface area contributed by atoms with Crippen molar-refractivity contribution >= 4 is 17.9 Å². The van der Waals surface area contributed by atoms with Crippen LogP contribution in [0.3, 0.4) is 0 Å². The van der Waals surface area contributed by atoms with Crippen LogP contribution >= 0.6 is 11.6 Å². The molecule has 0 aliphatic heterocycles. The maximum atomic E-state index is 11.2. The fourth-order valence-corrected chi connectivity index (χ4v) is 1.69. The monoisotopic (exact) mass is 256 g/mol. The minimum atomic E-state index is -0.538. The smallest absolute Gasteiger partial charge is 0.170 e. The SMILES string of the molecule is CCOC(OCC)C(C=O)c1ccc(Cl)cc1. The average molecular weight is 257 g/mol. The summed E-state index contributed by atoms with van der Waals surface area (Å²) in [6.45, 7) is 4.75. The van der Waals surface area contributed by atoms with Crippen molar-refractivity contribution < 1.29 is 14.3 Å². The summed E-state index contributed by atoms with van der Waals surface area (Å²) in [6, 6.07) is 7.13. The minimum absolute atomic E-state index is 0.424.